The van der Waals surface area contributed by atoms with Gasteiger partial charge in [0.15, 0.2) is 6.10 Å². The van der Waals surface area contributed by atoms with E-state index in [-0.39, 0.29) is 5.91 Å². The van der Waals surface area contributed by atoms with Gasteiger partial charge in [0, 0.05) is 16.6 Å². The molecule has 2 aromatic rings. The molecule has 0 heterocycles. The van der Waals surface area contributed by atoms with E-state index in [4.69, 9.17) is 27.9 Å². The maximum Gasteiger partial charge on any atom is 0.261 e. The summed E-state index contributed by atoms with van der Waals surface area (Å²) in [5.74, 6) is 0.550. The van der Waals surface area contributed by atoms with Crippen LogP contribution in [0.25, 0.3) is 0 Å². The van der Waals surface area contributed by atoms with Crippen molar-refractivity contribution in [2.75, 3.05) is 6.54 Å². The number of halogens is 2. The average molecular weight is 380 g/mol. The highest BCUT2D eigenvalue weighted by Crippen LogP contribution is 2.22. The van der Waals surface area contributed by atoms with Crippen molar-refractivity contribution in [3.8, 4) is 5.75 Å². The summed E-state index contributed by atoms with van der Waals surface area (Å²) in [5.41, 5.74) is 2.02. The van der Waals surface area contributed by atoms with Gasteiger partial charge >= 0.3 is 0 Å². The molecule has 0 saturated carbocycles. The zero-order valence-electron chi connectivity index (χ0n) is 14.5. The van der Waals surface area contributed by atoms with E-state index >= 15 is 0 Å². The fourth-order valence-electron chi connectivity index (χ4n) is 2.48. The molecule has 1 unspecified atom stereocenters. The van der Waals surface area contributed by atoms with Gasteiger partial charge in [-0.05, 0) is 61.6 Å². The third kappa shape index (κ3) is 5.94. The molecule has 0 saturated heterocycles. The topological polar surface area (TPSA) is 38.3 Å². The van der Waals surface area contributed by atoms with E-state index in [1.54, 1.807) is 12.1 Å². The highest BCUT2D eigenvalue weighted by atomic mass is 35.5. The van der Waals surface area contributed by atoms with Gasteiger partial charge < -0.3 is 10.1 Å². The van der Waals surface area contributed by atoms with Crippen LogP contribution in [0.4, 0.5) is 0 Å². The van der Waals surface area contributed by atoms with Gasteiger partial charge in [-0.25, -0.2) is 0 Å². The summed E-state index contributed by atoms with van der Waals surface area (Å²) in [6, 6.07) is 13.2. The first-order valence-corrected chi connectivity index (χ1v) is 9.20. The molecule has 0 aliphatic heterocycles. The van der Waals surface area contributed by atoms with E-state index in [0.29, 0.717) is 23.7 Å². The Morgan fingerprint density at radius 2 is 1.92 bits per heavy atom. The fourth-order valence-corrected chi connectivity index (χ4v) is 2.83. The molecule has 134 valence electrons. The highest BCUT2D eigenvalue weighted by Gasteiger charge is 2.18. The number of amides is 1. The molecule has 3 nitrogen and oxygen atoms in total. The van der Waals surface area contributed by atoms with Crippen LogP contribution in [0.5, 0.6) is 5.75 Å². The molecule has 1 N–H and O–H groups in total. The number of benzene rings is 2. The lowest BCUT2D eigenvalue weighted by Crippen LogP contribution is -2.38. The number of rotatable bonds is 8. The number of carbonyl (C=O) groups is 1. The Balaban J connectivity index is 1.81. The summed E-state index contributed by atoms with van der Waals surface area (Å²) < 4.78 is 5.80. The zero-order chi connectivity index (χ0) is 18.2. The highest BCUT2D eigenvalue weighted by molar-refractivity contribution is 6.31. The van der Waals surface area contributed by atoms with Crippen LogP contribution in [0.15, 0.2) is 42.5 Å². The summed E-state index contributed by atoms with van der Waals surface area (Å²) in [5, 5.41) is 4.39. The van der Waals surface area contributed by atoms with Gasteiger partial charge in [-0.15, -0.1) is 0 Å². The van der Waals surface area contributed by atoms with Crippen LogP contribution in [0.3, 0.4) is 0 Å². The van der Waals surface area contributed by atoms with E-state index in [1.807, 2.05) is 44.2 Å². The van der Waals surface area contributed by atoms with Gasteiger partial charge in [0.1, 0.15) is 5.75 Å². The van der Waals surface area contributed by atoms with Crippen LogP contribution in [-0.2, 0) is 11.2 Å². The minimum atomic E-state index is -0.513. The Hall–Kier alpha value is -1.71. The Morgan fingerprint density at radius 1 is 1.16 bits per heavy atom. The zero-order valence-corrected chi connectivity index (χ0v) is 16.0. The van der Waals surface area contributed by atoms with Crippen molar-refractivity contribution < 1.29 is 9.53 Å². The van der Waals surface area contributed by atoms with Crippen molar-refractivity contribution in [1.29, 1.82) is 0 Å². The predicted octanol–water partition coefficient (Wildman–Crippen LogP) is 5.21. The molecule has 1 atom stereocenters. The first-order valence-electron chi connectivity index (χ1n) is 8.45. The summed E-state index contributed by atoms with van der Waals surface area (Å²) in [4.78, 5) is 12.3. The third-order valence-corrected chi connectivity index (χ3v) is 4.74. The van der Waals surface area contributed by atoms with Crippen molar-refractivity contribution in [2.24, 2.45) is 0 Å². The minimum absolute atomic E-state index is 0.103. The molecule has 25 heavy (non-hydrogen) atoms. The van der Waals surface area contributed by atoms with Crippen LogP contribution in [0.2, 0.25) is 10.0 Å². The lowest BCUT2D eigenvalue weighted by Gasteiger charge is -2.18. The first-order chi connectivity index (χ1) is 12.0. The fraction of sp³-hybridized carbons (Fsp3) is 0.350. The largest absolute Gasteiger partial charge is 0.481 e. The molecule has 0 fully saturated rings. The maximum atomic E-state index is 12.3. The van der Waals surface area contributed by atoms with Gasteiger partial charge in [0.25, 0.3) is 5.91 Å². The van der Waals surface area contributed by atoms with E-state index < -0.39 is 6.10 Å². The third-order valence-electron chi connectivity index (χ3n) is 3.95. The van der Waals surface area contributed by atoms with Crippen molar-refractivity contribution in [1.82, 2.24) is 5.32 Å². The van der Waals surface area contributed by atoms with Crippen LogP contribution in [0.1, 0.15) is 30.9 Å². The van der Waals surface area contributed by atoms with Crippen LogP contribution in [0, 0.1) is 6.92 Å². The molecule has 0 aliphatic carbocycles. The molecule has 5 heteroatoms. The van der Waals surface area contributed by atoms with Gasteiger partial charge in [-0.2, -0.15) is 0 Å². The van der Waals surface area contributed by atoms with Crippen molar-refractivity contribution in [2.45, 2.75) is 39.2 Å². The summed E-state index contributed by atoms with van der Waals surface area (Å²) >= 11 is 12.2. The van der Waals surface area contributed by atoms with Crippen LogP contribution >= 0.6 is 23.2 Å². The molecule has 0 aliphatic rings. The number of ether oxygens (including phenoxy) is 1. The smallest absolute Gasteiger partial charge is 0.261 e. The molecule has 0 spiro atoms. The van der Waals surface area contributed by atoms with Crippen LogP contribution < -0.4 is 10.1 Å². The molecule has 2 aromatic carbocycles. The molecular weight excluding hydrogens is 357 g/mol. The van der Waals surface area contributed by atoms with Gasteiger partial charge in [0.05, 0.1) is 0 Å². The summed E-state index contributed by atoms with van der Waals surface area (Å²) in [6.07, 6.45) is 1.73. The second-order valence-electron chi connectivity index (χ2n) is 5.91. The Bertz CT molecular complexity index is 719. The normalized spacial score (nSPS) is 11.8. The van der Waals surface area contributed by atoms with Gasteiger partial charge in [-0.1, -0.05) is 48.3 Å². The Labute approximate surface area is 159 Å². The first kappa shape index (κ1) is 19.6. The van der Waals surface area contributed by atoms with Crippen molar-refractivity contribution in [3.63, 3.8) is 0 Å². The second-order valence-corrected chi connectivity index (χ2v) is 6.73. The average Bonchev–Trinajstić information content (AvgIpc) is 2.60. The van der Waals surface area contributed by atoms with Gasteiger partial charge in [-0.3, -0.25) is 4.79 Å². The van der Waals surface area contributed by atoms with E-state index in [9.17, 15) is 4.79 Å². The lowest BCUT2D eigenvalue weighted by molar-refractivity contribution is -0.128. The van der Waals surface area contributed by atoms with E-state index in [1.165, 1.54) is 0 Å². The Morgan fingerprint density at radius 3 is 2.60 bits per heavy atom. The number of aryl methyl sites for hydroxylation is 2. The maximum absolute atomic E-state index is 12.3. The second kappa shape index (κ2) is 9.69. The Kier molecular flexibility index (Phi) is 7.60. The summed E-state index contributed by atoms with van der Waals surface area (Å²) in [6.45, 7) is 4.42. The minimum Gasteiger partial charge on any atom is -0.481 e. The molecule has 2 rings (SSSR count). The molecule has 0 bridgehead atoms. The quantitative estimate of drug-likeness (QED) is 0.639. The van der Waals surface area contributed by atoms with Gasteiger partial charge in [0.2, 0.25) is 0 Å². The summed E-state index contributed by atoms with van der Waals surface area (Å²) in [7, 11) is 0. The number of carbonyl (C=O) groups excluding carboxylic acids is 1. The van der Waals surface area contributed by atoms with Crippen LogP contribution in [-0.4, -0.2) is 18.6 Å². The molecule has 1 amide bonds. The molecule has 0 aromatic heterocycles. The van der Waals surface area contributed by atoms with E-state index in [2.05, 4.69) is 5.32 Å². The monoisotopic (exact) mass is 379 g/mol. The SMILES string of the molecule is CCC(Oc1ccc(Cl)c(C)c1)C(=O)NCCCc1ccccc1Cl. The van der Waals surface area contributed by atoms with Crippen molar-refractivity contribution >= 4 is 29.1 Å². The lowest BCUT2D eigenvalue weighted by atomic mass is 10.1. The van der Waals surface area contributed by atoms with Crippen molar-refractivity contribution in [3.05, 3.63) is 63.6 Å². The number of hydrogen-bond acceptors (Lipinski definition) is 2. The standard InChI is InChI=1S/C20H23Cl2NO2/c1-3-19(25-16-10-11-17(21)14(2)13-16)20(24)23-12-6-8-15-7-4-5-9-18(15)22/h4-5,7,9-11,13,19H,3,6,8,12H2,1-2H3,(H,23,24). The molecule has 0 radical (unpaired) electrons. The molecular formula is C20H23Cl2NO2. The predicted molar refractivity (Wildman–Crippen MR) is 104 cm³/mol. The van der Waals surface area contributed by atoms with E-state index in [0.717, 1.165) is 29.0 Å². The number of hydrogen-bond donors (Lipinski definition) is 1. The number of nitrogens with one attached hydrogen (secondary N) is 1.